The van der Waals surface area contributed by atoms with Crippen LogP contribution in [0, 0.1) is 0 Å². The van der Waals surface area contributed by atoms with Crippen molar-refractivity contribution in [1.29, 1.82) is 0 Å². The molecular weight excluding hydrogens is 336 g/mol. The van der Waals surface area contributed by atoms with Crippen molar-refractivity contribution in [1.82, 2.24) is 0 Å². The Bertz CT molecular complexity index is 810. The lowest BCUT2D eigenvalue weighted by atomic mass is 9.89. The van der Waals surface area contributed by atoms with Crippen LogP contribution in [0.2, 0.25) is 0 Å². The zero-order chi connectivity index (χ0) is 19.4. The predicted molar refractivity (Wildman–Crippen MR) is 99.7 cm³/mol. The number of carbonyl (C=O) groups is 1. The zero-order valence-electron chi connectivity index (χ0n) is 16.4. The summed E-state index contributed by atoms with van der Waals surface area (Å²) in [6, 6.07) is 3.48. The molecule has 0 bridgehead atoms. The number of hydrogen-bond donors (Lipinski definition) is 0. The van der Waals surface area contributed by atoms with Crippen LogP contribution in [-0.4, -0.2) is 41.5 Å². The number of carbonyl (C=O) groups excluding carboxylic acids is 1. The van der Waals surface area contributed by atoms with Gasteiger partial charge in [-0.05, 0) is 23.4 Å². The summed E-state index contributed by atoms with van der Waals surface area (Å²) < 4.78 is 27.2. The quantitative estimate of drug-likeness (QED) is 0.696. The molecule has 0 saturated heterocycles. The molecule has 0 atom stereocenters. The summed E-state index contributed by atoms with van der Waals surface area (Å²) in [6.45, 7) is 4.43. The third-order valence-electron chi connectivity index (χ3n) is 4.33. The van der Waals surface area contributed by atoms with Gasteiger partial charge in [-0.25, -0.2) is 4.79 Å². The highest BCUT2D eigenvalue weighted by atomic mass is 16.5. The van der Waals surface area contributed by atoms with E-state index in [2.05, 4.69) is 13.8 Å². The summed E-state index contributed by atoms with van der Waals surface area (Å²) >= 11 is 0. The lowest BCUT2D eigenvalue weighted by Crippen LogP contribution is -2.08. The molecule has 0 amide bonds. The Morgan fingerprint density at radius 3 is 2.08 bits per heavy atom. The van der Waals surface area contributed by atoms with E-state index in [1.54, 1.807) is 40.6 Å². The highest BCUT2D eigenvalue weighted by molar-refractivity contribution is 6.03. The number of ether oxygens (including phenoxy) is 5. The molecule has 0 unspecified atom stereocenters. The van der Waals surface area contributed by atoms with E-state index >= 15 is 0 Å². The van der Waals surface area contributed by atoms with Gasteiger partial charge in [0.05, 0.1) is 40.6 Å². The smallest absolute Gasteiger partial charge is 0.338 e. The molecule has 0 aliphatic rings. The number of fused-ring (bicyclic) bond motifs is 1. The maximum atomic E-state index is 12.1. The molecule has 2 aromatic rings. The van der Waals surface area contributed by atoms with Crippen molar-refractivity contribution in [2.45, 2.75) is 26.4 Å². The van der Waals surface area contributed by atoms with Crippen LogP contribution in [0.25, 0.3) is 10.8 Å². The largest absolute Gasteiger partial charge is 0.496 e. The number of benzene rings is 2. The van der Waals surface area contributed by atoms with Crippen LogP contribution < -0.4 is 14.2 Å². The lowest BCUT2D eigenvalue weighted by molar-refractivity contribution is 0.0600. The number of methoxy groups -OCH3 is 5. The first-order valence-corrected chi connectivity index (χ1v) is 8.30. The van der Waals surface area contributed by atoms with Crippen molar-refractivity contribution in [3.63, 3.8) is 0 Å². The van der Waals surface area contributed by atoms with Crippen LogP contribution in [0.5, 0.6) is 17.2 Å². The van der Waals surface area contributed by atoms with Gasteiger partial charge in [-0.1, -0.05) is 13.8 Å². The topological polar surface area (TPSA) is 63.2 Å². The van der Waals surface area contributed by atoms with Gasteiger partial charge >= 0.3 is 5.97 Å². The molecule has 0 saturated carbocycles. The third-order valence-corrected chi connectivity index (χ3v) is 4.33. The minimum absolute atomic E-state index is 0.121. The summed E-state index contributed by atoms with van der Waals surface area (Å²) in [5, 5.41) is 1.69. The van der Waals surface area contributed by atoms with Crippen molar-refractivity contribution in [3.8, 4) is 17.2 Å². The average Bonchev–Trinajstić information content (AvgIpc) is 2.65. The van der Waals surface area contributed by atoms with E-state index in [0.717, 1.165) is 21.9 Å². The first-order valence-electron chi connectivity index (χ1n) is 8.30. The first-order chi connectivity index (χ1) is 12.4. The van der Waals surface area contributed by atoms with Crippen LogP contribution in [-0.2, 0) is 16.1 Å². The van der Waals surface area contributed by atoms with Gasteiger partial charge in [-0.15, -0.1) is 0 Å². The Morgan fingerprint density at radius 2 is 1.62 bits per heavy atom. The van der Waals surface area contributed by atoms with Crippen LogP contribution in [0.3, 0.4) is 0 Å². The van der Waals surface area contributed by atoms with Gasteiger partial charge in [0.2, 0.25) is 0 Å². The molecule has 0 aliphatic carbocycles. The number of hydrogen-bond acceptors (Lipinski definition) is 6. The highest BCUT2D eigenvalue weighted by Gasteiger charge is 2.26. The maximum Gasteiger partial charge on any atom is 0.338 e. The molecule has 0 fully saturated rings. The highest BCUT2D eigenvalue weighted by Crippen LogP contribution is 2.48. The minimum Gasteiger partial charge on any atom is -0.496 e. The van der Waals surface area contributed by atoms with E-state index in [-0.39, 0.29) is 5.92 Å². The van der Waals surface area contributed by atoms with Gasteiger partial charge in [0.15, 0.2) is 11.5 Å². The van der Waals surface area contributed by atoms with Crippen molar-refractivity contribution in [2.75, 3.05) is 35.5 Å². The average molecular weight is 362 g/mol. The molecule has 0 heterocycles. The molecule has 6 nitrogen and oxygen atoms in total. The summed E-state index contributed by atoms with van der Waals surface area (Å²) in [7, 11) is 7.74. The summed E-state index contributed by atoms with van der Waals surface area (Å²) in [5.41, 5.74) is 2.15. The molecule has 26 heavy (non-hydrogen) atoms. The summed E-state index contributed by atoms with van der Waals surface area (Å²) in [6.07, 6.45) is 0. The van der Waals surface area contributed by atoms with Crippen LogP contribution in [0.15, 0.2) is 12.1 Å². The minimum atomic E-state index is -0.428. The van der Waals surface area contributed by atoms with Crippen LogP contribution in [0.1, 0.15) is 41.3 Å². The van der Waals surface area contributed by atoms with E-state index in [9.17, 15) is 4.79 Å². The molecule has 0 aliphatic heterocycles. The van der Waals surface area contributed by atoms with Gasteiger partial charge in [0, 0.05) is 23.6 Å². The number of esters is 1. The van der Waals surface area contributed by atoms with Crippen molar-refractivity contribution in [3.05, 3.63) is 28.8 Å². The molecule has 2 aromatic carbocycles. The van der Waals surface area contributed by atoms with Crippen LogP contribution in [0.4, 0.5) is 0 Å². The normalized spacial score (nSPS) is 10.9. The molecule has 0 spiro atoms. The fourth-order valence-corrected chi connectivity index (χ4v) is 3.30. The Kier molecular flexibility index (Phi) is 6.32. The SMILES string of the molecule is COCc1c(OC)c(OC)c(C(C)C)c2cc(C(=O)OC)cc(OC)c12. The molecule has 6 heteroatoms. The molecule has 2 rings (SSSR count). The van der Waals surface area contributed by atoms with Gasteiger partial charge in [0.1, 0.15) is 5.75 Å². The van der Waals surface area contributed by atoms with E-state index in [1.807, 2.05) is 0 Å². The Hall–Kier alpha value is -2.47. The van der Waals surface area contributed by atoms with Crippen molar-refractivity contribution >= 4 is 16.7 Å². The Morgan fingerprint density at radius 1 is 0.962 bits per heavy atom. The van der Waals surface area contributed by atoms with E-state index in [1.165, 1.54) is 7.11 Å². The standard InChI is InChI=1S/C20H26O6/c1-11(2)16-13-8-12(20(21)26-7)9-15(23-4)17(13)14(10-22-3)18(24-5)19(16)25-6/h8-9,11H,10H2,1-7H3. The molecule has 0 N–H and O–H groups in total. The fourth-order valence-electron chi connectivity index (χ4n) is 3.30. The van der Waals surface area contributed by atoms with Gasteiger partial charge in [-0.2, -0.15) is 0 Å². The zero-order valence-corrected chi connectivity index (χ0v) is 16.4. The monoisotopic (exact) mass is 362 g/mol. The van der Waals surface area contributed by atoms with E-state index in [4.69, 9.17) is 23.7 Å². The van der Waals surface area contributed by atoms with Crippen LogP contribution >= 0.6 is 0 Å². The Balaban J connectivity index is 3.09. The first kappa shape index (κ1) is 19.8. The van der Waals surface area contributed by atoms with E-state index < -0.39 is 5.97 Å². The predicted octanol–water partition coefficient (Wildman–Crippen LogP) is 3.92. The molecular formula is C20H26O6. The number of rotatable bonds is 7. The second-order valence-electron chi connectivity index (χ2n) is 6.14. The third kappa shape index (κ3) is 3.29. The molecule has 0 radical (unpaired) electrons. The lowest BCUT2D eigenvalue weighted by Gasteiger charge is -2.23. The Labute approximate surface area is 153 Å². The summed E-state index contributed by atoms with van der Waals surface area (Å²) in [4.78, 5) is 12.1. The second-order valence-corrected chi connectivity index (χ2v) is 6.14. The van der Waals surface area contributed by atoms with Crippen molar-refractivity contribution < 1.29 is 28.5 Å². The molecule has 142 valence electrons. The van der Waals surface area contributed by atoms with Gasteiger partial charge in [-0.3, -0.25) is 0 Å². The van der Waals surface area contributed by atoms with E-state index in [0.29, 0.717) is 29.4 Å². The fraction of sp³-hybridized carbons (Fsp3) is 0.450. The molecule has 0 aromatic heterocycles. The van der Waals surface area contributed by atoms with Gasteiger partial charge < -0.3 is 23.7 Å². The summed E-state index contributed by atoms with van der Waals surface area (Å²) in [5.74, 6) is 1.48. The second kappa shape index (κ2) is 8.27. The van der Waals surface area contributed by atoms with Gasteiger partial charge in [0.25, 0.3) is 0 Å². The maximum absolute atomic E-state index is 12.1. The van der Waals surface area contributed by atoms with Crippen molar-refractivity contribution in [2.24, 2.45) is 0 Å².